The molecule has 8 heteroatoms. The standard InChI is InChI=1S/C19H24FN3O4/c1-27-12-16(24)22-9-6-14(7-10-22)19(26)23-11-8-21-18(25)17(23)13-2-4-15(20)5-3-13/h2-5,14,17H,6-12H2,1H3,(H,21,25)/t17-/m1/s1. The van der Waals surface area contributed by atoms with E-state index in [4.69, 9.17) is 4.74 Å². The number of rotatable bonds is 4. The molecule has 0 bridgehead atoms. The molecule has 1 aromatic rings. The summed E-state index contributed by atoms with van der Waals surface area (Å²) in [5, 5.41) is 2.78. The van der Waals surface area contributed by atoms with Gasteiger partial charge in [0.05, 0.1) is 0 Å². The van der Waals surface area contributed by atoms with Crippen molar-refractivity contribution in [1.82, 2.24) is 15.1 Å². The molecular formula is C19H24FN3O4. The lowest BCUT2D eigenvalue weighted by atomic mass is 9.93. The lowest BCUT2D eigenvalue weighted by Gasteiger charge is -2.39. The van der Waals surface area contributed by atoms with Crippen molar-refractivity contribution in [2.24, 2.45) is 5.92 Å². The average molecular weight is 377 g/mol. The maximum Gasteiger partial charge on any atom is 0.248 e. The van der Waals surface area contributed by atoms with Gasteiger partial charge in [0.1, 0.15) is 18.5 Å². The summed E-state index contributed by atoms with van der Waals surface area (Å²) in [5.41, 5.74) is 0.592. The van der Waals surface area contributed by atoms with Crippen LogP contribution in [0.25, 0.3) is 0 Å². The minimum absolute atomic E-state index is 0.0392. The fourth-order valence-electron chi connectivity index (χ4n) is 3.71. The molecule has 0 radical (unpaired) electrons. The van der Waals surface area contributed by atoms with E-state index in [1.165, 1.54) is 31.4 Å². The van der Waals surface area contributed by atoms with E-state index in [1.54, 1.807) is 9.80 Å². The predicted octanol–water partition coefficient (Wildman–Crippen LogP) is 0.710. The number of piperidine rings is 1. The number of halogens is 1. The Hall–Kier alpha value is -2.48. The number of nitrogens with one attached hydrogen (secondary N) is 1. The van der Waals surface area contributed by atoms with E-state index in [0.29, 0.717) is 44.6 Å². The normalized spacial score (nSPS) is 21.1. The van der Waals surface area contributed by atoms with Crippen LogP contribution in [0.1, 0.15) is 24.4 Å². The molecule has 3 rings (SSSR count). The molecule has 2 fully saturated rings. The van der Waals surface area contributed by atoms with Gasteiger partial charge in [-0.3, -0.25) is 14.4 Å². The van der Waals surface area contributed by atoms with Gasteiger partial charge in [0.15, 0.2) is 0 Å². The third-order valence-electron chi connectivity index (χ3n) is 5.15. The van der Waals surface area contributed by atoms with Crippen LogP contribution in [0.4, 0.5) is 4.39 Å². The van der Waals surface area contributed by atoms with Crippen molar-refractivity contribution in [3.63, 3.8) is 0 Å². The number of ether oxygens (including phenoxy) is 1. The van der Waals surface area contributed by atoms with Crippen molar-refractivity contribution in [3.8, 4) is 0 Å². The maximum absolute atomic E-state index is 13.2. The highest BCUT2D eigenvalue weighted by Crippen LogP contribution is 2.28. The molecule has 1 atom stereocenters. The fourth-order valence-corrected chi connectivity index (χ4v) is 3.71. The summed E-state index contributed by atoms with van der Waals surface area (Å²) < 4.78 is 18.1. The van der Waals surface area contributed by atoms with Crippen molar-refractivity contribution in [2.45, 2.75) is 18.9 Å². The summed E-state index contributed by atoms with van der Waals surface area (Å²) in [4.78, 5) is 40.7. The molecule has 0 aromatic heterocycles. The number of methoxy groups -OCH3 is 1. The Morgan fingerprint density at radius 2 is 1.85 bits per heavy atom. The van der Waals surface area contributed by atoms with Crippen LogP contribution in [0, 0.1) is 11.7 Å². The molecule has 0 saturated carbocycles. The van der Waals surface area contributed by atoms with E-state index in [1.807, 2.05) is 0 Å². The fraction of sp³-hybridized carbons (Fsp3) is 0.526. The van der Waals surface area contributed by atoms with Gasteiger partial charge in [-0.1, -0.05) is 12.1 Å². The Bertz CT molecular complexity index is 701. The van der Waals surface area contributed by atoms with E-state index < -0.39 is 6.04 Å². The van der Waals surface area contributed by atoms with Crippen LogP contribution < -0.4 is 5.32 Å². The van der Waals surface area contributed by atoms with Crippen molar-refractivity contribution in [2.75, 3.05) is 39.9 Å². The molecule has 1 aromatic carbocycles. The third kappa shape index (κ3) is 4.27. The van der Waals surface area contributed by atoms with Gasteiger partial charge in [-0.25, -0.2) is 4.39 Å². The van der Waals surface area contributed by atoms with Crippen LogP contribution in [0.5, 0.6) is 0 Å². The van der Waals surface area contributed by atoms with Crippen molar-refractivity contribution < 1.29 is 23.5 Å². The lowest BCUT2D eigenvalue weighted by molar-refractivity contribution is -0.149. The number of hydrogen-bond acceptors (Lipinski definition) is 4. The number of carbonyl (C=O) groups is 3. The number of benzene rings is 1. The number of piperazine rings is 1. The van der Waals surface area contributed by atoms with Crippen molar-refractivity contribution in [3.05, 3.63) is 35.6 Å². The largest absolute Gasteiger partial charge is 0.375 e. The zero-order chi connectivity index (χ0) is 19.4. The van der Waals surface area contributed by atoms with Crippen LogP contribution in [0.15, 0.2) is 24.3 Å². The monoisotopic (exact) mass is 377 g/mol. The van der Waals surface area contributed by atoms with Gasteiger partial charge < -0.3 is 19.9 Å². The number of hydrogen-bond donors (Lipinski definition) is 1. The molecule has 2 aliphatic rings. The average Bonchev–Trinajstić information content (AvgIpc) is 2.68. The zero-order valence-corrected chi connectivity index (χ0v) is 15.3. The first kappa shape index (κ1) is 19.3. The van der Waals surface area contributed by atoms with E-state index in [-0.39, 0.29) is 36.1 Å². The molecule has 3 amide bonds. The van der Waals surface area contributed by atoms with E-state index in [9.17, 15) is 18.8 Å². The molecule has 2 saturated heterocycles. The highest BCUT2D eigenvalue weighted by atomic mass is 19.1. The lowest BCUT2D eigenvalue weighted by Crippen LogP contribution is -2.54. The SMILES string of the molecule is COCC(=O)N1CCC(C(=O)N2CCNC(=O)[C@H]2c2ccc(F)cc2)CC1. The van der Waals surface area contributed by atoms with Crippen LogP contribution in [0.2, 0.25) is 0 Å². The van der Waals surface area contributed by atoms with Gasteiger partial charge >= 0.3 is 0 Å². The zero-order valence-electron chi connectivity index (χ0n) is 15.3. The molecule has 0 spiro atoms. The van der Waals surface area contributed by atoms with Crippen molar-refractivity contribution in [1.29, 1.82) is 0 Å². The van der Waals surface area contributed by atoms with E-state index >= 15 is 0 Å². The Balaban J connectivity index is 1.70. The molecular weight excluding hydrogens is 353 g/mol. The van der Waals surface area contributed by atoms with Crippen molar-refractivity contribution >= 4 is 17.7 Å². The maximum atomic E-state index is 13.2. The Labute approximate surface area is 157 Å². The summed E-state index contributed by atoms with van der Waals surface area (Å²) in [6.45, 7) is 1.85. The highest BCUT2D eigenvalue weighted by molar-refractivity contribution is 5.90. The first-order chi connectivity index (χ1) is 13.0. The summed E-state index contributed by atoms with van der Waals surface area (Å²) in [6, 6.07) is 4.91. The van der Waals surface area contributed by atoms with Crippen LogP contribution in [0.3, 0.4) is 0 Å². The van der Waals surface area contributed by atoms with Crippen LogP contribution in [-0.2, 0) is 19.1 Å². The van der Waals surface area contributed by atoms with Gasteiger partial charge in [0, 0.05) is 39.2 Å². The Morgan fingerprint density at radius 3 is 2.48 bits per heavy atom. The molecule has 0 aliphatic carbocycles. The summed E-state index contributed by atoms with van der Waals surface area (Å²) in [6.07, 6.45) is 1.12. The predicted molar refractivity (Wildman–Crippen MR) is 95.0 cm³/mol. The second-order valence-electron chi connectivity index (χ2n) is 6.86. The quantitative estimate of drug-likeness (QED) is 0.838. The molecule has 0 unspecified atom stereocenters. The van der Waals surface area contributed by atoms with Gasteiger partial charge in [-0.15, -0.1) is 0 Å². The minimum atomic E-state index is -0.750. The van der Waals surface area contributed by atoms with E-state index in [2.05, 4.69) is 5.32 Å². The second-order valence-corrected chi connectivity index (χ2v) is 6.86. The van der Waals surface area contributed by atoms with Gasteiger partial charge in [-0.05, 0) is 30.5 Å². The number of amides is 3. The molecule has 146 valence electrons. The number of nitrogens with zero attached hydrogens (tertiary/aromatic N) is 2. The minimum Gasteiger partial charge on any atom is -0.375 e. The number of carbonyl (C=O) groups excluding carboxylic acids is 3. The smallest absolute Gasteiger partial charge is 0.248 e. The molecule has 27 heavy (non-hydrogen) atoms. The first-order valence-electron chi connectivity index (χ1n) is 9.11. The first-order valence-corrected chi connectivity index (χ1v) is 9.11. The highest BCUT2D eigenvalue weighted by Gasteiger charge is 2.38. The molecule has 2 heterocycles. The molecule has 7 nitrogen and oxygen atoms in total. The second kappa shape index (κ2) is 8.47. The van der Waals surface area contributed by atoms with Gasteiger partial charge in [0.2, 0.25) is 17.7 Å². The summed E-state index contributed by atoms with van der Waals surface area (Å²) >= 11 is 0. The van der Waals surface area contributed by atoms with Crippen LogP contribution in [-0.4, -0.2) is 67.4 Å². The van der Waals surface area contributed by atoms with Gasteiger partial charge in [-0.2, -0.15) is 0 Å². The van der Waals surface area contributed by atoms with E-state index in [0.717, 1.165) is 0 Å². The molecule has 1 N–H and O–H groups in total. The topological polar surface area (TPSA) is 79.0 Å². The van der Waals surface area contributed by atoms with Gasteiger partial charge in [0.25, 0.3) is 0 Å². The third-order valence-corrected chi connectivity index (χ3v) is 5.15. The Morgan fingerprint density at radius 1 is 1.19 bits per heavy atom. The summed E-state index contributed by atoms with van der Waals surface area (Å²) in [5.74, 6) is -1.04. The summed E-state index contributed by atoms with van der Waals surface area (Å²) in [7, 11) is 1.48. The Kier molecular flexibility index (Phi) is 6.05. The number of likely N-dealkylation sites (tertiary alicyclic amines) is 1. The van der Waals surface area contributed by atoms with Crippen LogP contribution >= 0.6 is 0 Å². The molecule has 2 aliphatic heterocycles.